The van der Waals surface area contributed by atoms with Crippen molar-refractivity contribution >= 4 is 18.0 Å². The van der Waals surface area contributed by atoms with E-state index in [9.17, 15) is 14.4 Å². The van der Waals surface area contributed by atoms with E-state index in [2.05, 4.69) is 10.1 Å². The van der Waals surface area contributed by atoms with Gasteiger partial charge >= 0.3 is 18.0 Å². The molecule has 0 saturated heterocycles. The molecule has 2 unspecified atom stereocenters. The summed E-state index contributed by atoms with van der Waals surface area (Å²) in [6, 6.07) is 11.7. The number of carbonyl (C=O) groups is 3. The number of rotatable bonds is 5. The number of benzene rings is 2. The van der Waals surface area contributed by atoms with Crippen LogP contribution in [0.25, 0.3) is 0 Å². The van der Waals surface area contributed by atoms with Crippen molar-refractivity contribution in [3.05, 3.63) is 70.8 Å². The third kappa shape index (κ3) is 4.92. The van der Waals surface area contributed by atoms with Crippen LogP contribution in [-0.2, 0) is 19.1 Å². The summed E-state index contributed by atoms with van der Waals surface area (Å²) in [5.41, 5.74) is 8.54. The third-order valence-corrected chi connectivity index (χ3v) is 4.16. The number of amides is 1. The van der Waals surface area contributed by atoms with E-state index < -0.39 is 30.1 Å². The first-order valence-corrected chi connectivity index (χ1v) is 8.31. The van der Waals surface area contributed by atoms with E-state index >= 15 is 0 Å². The van der Waals surface area contributed by atoms with Crippen molar-refractivity contribution in [3.8, 4) is 0 Å². The Hall–Kier alpha value is -3.19. The SMILES string of the molecule is COC(=O)NC(C(=O)OC(=O)C(N)c1ccccc1C)c1ccccc1C. The predicted molar refractivity (Wildman–Crippen MR) is 98.7 cm³/mol. The number of esters is 2. The molecular weight excluding hydrogens is 348 g/mol. The zero-order valence-corrected chi connectivity index (χ0v) is 15.4. The summed E-state index contributed by atoms with van der Waals surface area (Å²) in [6.45, 7) is 3.58. The number of carbonyl (C=O) groups excluding carboxylic acids is 3. The molecule has 0 aromatic heterocycles. The Labute approximate surface area is 157 Å². The Morgan fingerprint density at radius 1 is 0.889 bits per heavy atom. The molecule has 0 heterocycles. The normalized spacial score (nSPS) is 12.6. The van der Waals surface area contributed by atoms with E-state index in [0.717, 1.165) is 11.1 Å². The van der Waals surface area contributed by atoms with Crippen molar-refractivity contribution in [2.75, 3.05) is 7.11 Å². The Bertz CT molecular complexity index is 850. The highest BCUT2D eigenvalue weighted by Gasteiger charge is 2.30. The van der Waals surface area contributed by atoms with Gasteiger partial charge in [-0.05, 0) is 36.1 Å². The zero-order chi connectivity index (χ0) is 20.0. The predicted octanol–water partition coefficient (Wildman–Crippen LogP) is 2.47. The monoisotopic (exact) mass is 370 g/mol. The van der Waals surface area contributed by atoms with Gasteiger partial charge in [0.1, 0.15) is 6.04 Å². The second kappa shape index (κ2) is 8.95. The molecule has 0 radical (unpaired) electrons. The molecule has 7 heteroatoms. The first-order chi connectivity index (χ1) is 12.8. The fourth-order valence-corrected chi connectivity index (χ4v) is 2.64. The maximum Gasteiger partial charge on any atom is 0.407 e. The molecule has 2 aromatic carbocycles. The average Bonchev–Trinajstić information content (AvgIpc) is 2.66. The summed E-state index contributed by atoms with van der Waals surface area (Å²) in [5, 5.41) is 2.39. The molecule has 0 aliphatic heterocycles. The number of nitrogens with one attached hydrogen (secondary N) is 1. The molecule has 1 amide bonds. The van der Waals surface area contributed by atoms with Gasteiger partial charge in [-0.2, -0.15) is 0 Å². The second-order valence-electron chi connectivity index (χ2n) is 6.00. The highest BCUT2D eigenvalue weighted by molar-refractivity contribution is 5.93. The van der Waals surface area contributed by atoms with Gasteiger partial charge in [0.2, 0.25) is 0 Å². The summed E-state index contributed by atoms with van der Waals surface area (Å²) in [7, 11) is 1.18. The first kappa shape index (κ1) is 20.1. The van der Waals surface area contributed by atoms with E-state index in [1.807, 2.05) is 6.07 Å². The van der Waals surface area contributed by atoms with Gasteiger partial charge in [0.05, 0.1) is 7.11 Å². The Kier molecular flexibility index (Phi) is 6.67. The lowest BCUT2D eigenvalue weighted by Crippen LogP contribution is -2.37. The van der Waals surface area contributed by atoms with Crippen LogP contribution in [0.1, 0.15) is 34.3 Å². The molecule has 7 nitrogen and oxygen atoms in total. The van der Waals surface area contributed by atoms with Crippen LogP contribution < -0.4 is 11.1 Å². The topological polar surface area (TPSA) is 108 Å². The lowest BCUT2D eigenvalue weighted by Gasteiger charge is -2.20. The molecule has 0 aliphatic carbocycles. The van der Waals surface area contributed by atoms with Crippen LogP contribution in [0.3, 0.4) is 0 Å². The number of alkyl carbamates (subject to hydrolysis) is 1. The summed E-state index contributed by atoms with van der Waals surface area (Å²) < 4.78 is 9.53. The van der Waals surface area contributed by atoms with E-state index in [1.54, 1.807) is 56.3 Å². The number of hydrogen-bond donors (Lipinski definition) is 2. The molecule has 142 valence electrons. The minimum absolute atomic E-state index is 0.491. The van der Waals surface area contributed by atoms with Crippen LogP contribution in [0.15, 0.2) is 48.5 Å². The van der Waals surface area contributed by atoms with E-state index in [4.69, 9.17) is 10.5 Å². The van der Waals surface area contributed by atoms with Crippen molar-refractivity contribution in [1.82, 2.24) is 5.32 Å². The van der Waals surface area contributed by atoms with E-state index in [1.165, 1.54) is 7.11 Å². The molecule has 3 N–H and O–H groups in total. The highest BCUT2D eigenvalue weighted by atomic mass is 16.6. The van der Waals surface area contributed by atoms with Crippen molar-refractivity contribution in [1.29, 1.82) is 0 Å². The van der Waals surface area contributed by atoms with Gasteiger partial charge in [-0.1, -0.05) is 48.5 Å². The number of hydrogen-bond acceptors (Lipinski definition) is 6. The molecule has 0 saturated carbocycles. The molecular formula is C20H22N2O5. The van der Waals surface area contributed by atoms with Crippen LogP contribution in [0, 0.1) is 13.8 Å². The standard InChI is InChI=1S/C20H22N2O5/c1-12-8-4-6-10-14(12)16(21)18(23)27-19(24)17(22-20(25)26-3)15-11-7-5-9-13(15)2/h4-11,16-17H,21H2,1-3H3,(H,22,25). The minimum atomic E-state index is -1.20. The van der Waals surface area contributed by atoms with Crippen LogP contribution in [0.4, 0.5) is 4.79 Å². The van der Waals surface area contributed by atoms with Gasteiger partial charge in [-0.15, -0.1) is 0 Å². The van der Waals surface area contributed by atoms with Gasteiger partial charge in [0.15, 0.2) is 6.04 Å². The largest absolute Gasteiger partial charge is 0.453 e. The molecule has 2 atom stereocenters. The summed E-state index contributed by atoms with van der Waals surface area (Å²) >= 11 is 0. The molecule has 2 rings (SSSR count). The summed E-state index contributed by atoms with van der Waals surface area (Å²) in [4.78, 5) is 36.6. The lowest BCUT2D eigenvalue weighted by molar-refractivity contribution is -0.162. The van der Waals surface area contributed by atoms with E-state index in [-0.39, 0.29) is 0 Å². The van der Waals surface area contributed by atoms with Crippen molar-refractivity contribution < 1.29 is 23.9 Å². The fourth-order valence-electron chi connectivity index (χ4n) is 2.64. The molecule has 0 aliphatic rings. The first-order valence-electron chi connectivity index (χ1n) is 8.31. The van der Waals surface area contributed by atoms with Crippen LogP contribution in [0.5, 0.6) is 0 Å². The fraction of sp³-hybridized carbons (Fsp3) is 0.250. The Balaban J connectivity index is 2.22. The van der Waals surface area contributed by atoms with Crippen molar-refractivity contribution in [2.45, 2.75) is 25.9 Å². The maximum absolute atomic E-state index is 12.6. The van der Waals surface area contributed by atoms with Crippen LogP contribution >= 0.6 is 0 Å². The quantitative estimate of drug-likeness (QED) is 0.618. The second-order valence-corrected chi connectivity index (χ2v) is 6.00. The maximum atomic E-state index is 12.6. The van der Waals surface area contributed by atoms with Gasteiger partial charge in [-0.3, -0.25) is 0 Å². The van der Waals surface area contributed by atoms with Gasteiger partial charge in [-0.25, -0.2) is 14.4 Å². The lowest BCUT2D eigenvalue weighted by atomic mass is 10.0. The Morgan fingerprint density at radius 2 is 1.41 bits per heavy atom. The average molecular weight is 370 g/mol. The third-order valence-electron chi connectivity index (χ3n) is 4.16. The summed E-state index contributed by atoms with van der Waals surface area (Å²) in [6.07, 6.45) is -0.823. The number of nitrogens with two attached hydrogens (primary N) is 1. The number of aryl methyl sites for hydroxylation is 2. The highest BCUT2D eigenvalue weighted by Crippen LogP contribution is 2.21. The van der Waals surface area contributed by atoms with Gasteiger partial charge in [0.25, 0.3) is 0 Å². The van der Waals surface area contributed by atoms with Crippen LogP contribution in [-0.4, -0.2) is 25.1 Å². The van der Waals surface area contributed by atoms with E-state index in [0.29, 0.717) is 11.1 Å². The minimum Gasteiger partial charge on any atom is -0.453 e. The number of methoxy groups -OCH3 is 1. The molecule has 2 aromatic rings. The molecule has 0 fully saturated rings. The van der Waals surface area contributed by atoms with Gasteiger partial charge in [0, 0.05) is 0 Å². The van der Waals surface area contributed by atoms with Gasteiger partial charge < -0.3 is 20.5 Å². The van der Waals surface area contributed by atoms with Crippen LogP contribution in [0.2, 0.25) is 0 Å². The van der Waals surface area contributed by atoms with Crippen molar-refractivity contribution in [3.63, 3.8) is 0 Å². The summed E-state index contributed by atoms with van der Waals surface area (Å²) in [5.74, 6) is -1.84. The molecule has 0 bridgehead atoms. The Morgan fingerprint density at radius 3 is 1.93 bits per heavy atom. The smallest absolute Gasteiger partial charge is 0.407 e. The van der Waals surface area contributed by atoms with Crippen molar-refractivity contribution in [2.24, 2.45) is 5.73 Å². The zero-order valence-electron chi connectivity index (χ0n) is 15.4. The molecule has 0 spiro atoms. The molecule has 27 heavy (non-hydrogen) atoms. The number of ether oxygens (including phenoxy) is 2.